The van der Waals surface area contributed by atoms with Gasteiger partial charge in [0.05, 0.1) is 4.08 Å². The van der Waals surface area contributed by atoms with E-state index in [1.54, 1.807) is 0 Å². The number of thioether (sulfide) groups is 3. The quantitative estimate of drug-likeness (QED) is 0.156. The van der Waals surface area contributed by atoms with Gasteiger partial charge in [-0.2, -0.15) is 11.8 Å². The van der Waals surface area contributed by atoms with E-state index >= 15 is 0 Å². The van der Waals surface area contributed by atoms with Crippen LogP contribution in [-0.2, 0) is 0 Å². The largest absolute Gasteiger partial charge is 0.159 e. The molecular formula is C24H48S3. The number of rotatable bonds is 18. The summed E-state index contributed by atoms with van der Waals surface area (Å²) in [5, 5.41) is 0.937. The van der Waals surface area contributed by atoms with Crippen LogP contribution in [0.3, 0.4) is 0 Å². The van der Waals surface area contributed by atoms with Crippen LogP contribution in [-0.4, -0.2) is 26.6 Å². The summed E-state index contributed by atoms with van der Waals surface area (Å²) in [6.07, 6.45) is 22.9. The van der Waals surface area contributed by atoms with E-state index in [-0.39, 0.29) is 0 Å². The van der Waals surface area contributed by atoms with Crippen molar-refractivity contribution in [3.63, 3.8) is 0 Å². The molecule has 0 aromatic carbocycles. The van der Waals surface area contributed by atoms with E-state index in [4.69, 9.17) is 0 Å². The van der Waals surface area contributed by atoms with Crippen LogP contribution in [0, 0.1) is 0 Å². The summed E-state index contributed by atoms with van der Waals surface area (Å²) in [5.74, 6) is 4.20. The highest BCUT2D eigenvalue weighted by molar-refractivity contribution is 8.18. The molecule has 1 unspecified atom stereocenters. The summed E-state index contributed by atoms with van der Waals surface area (Å²) in [5.41, 5.74) is 0. The molecule has 0 bridgehead atoms. The summed E-state index contributed by atoms with van der Waals surface area (Å²) >= 11 is 7.04. The third kappa shape index (κ3) is 13.1. The van der Waals surface area contributed by atoms with E-state index in [1.165, 1.54) is 120 Å². The highest BCUT2D eigenvalue weighted by atomic mass is 32.2. The van der Waals surface area contributed by atoms with Crippen molar-refractivity contribution in [1.82, 2.24) is 0 Å². The molecule has 0 N–H and O–H groups in total. The van der Waals surface area contributed by atoms with Crippen LogP contribution in [0.15, 0.2) is 0 Å². The van der Waals surface area contributed by atoms with E-state index in [0.29, 0.717) is 4.08 Å². The average Bonchev–Trinajstić information content (AvgIpc) is 2.68. The van der Waals surface area contributed by atoms with Crippen molar-refractivity contribution < 1.29 is 0 Å². The average molecular weight is 433 g/mol. The summed E-state index contributed by atoms with van der Waals surface area (Å²) in [6.45, 7) is 6.96. The van der Waals surface area contributed by atoms with Crippen LogP contribution in [0.1, 0.15) is 124 Å². The molecule has 0 aromatic rings. The SMILES string of the molecule is CCCCCCSC1CCCC(SCCCCCC)(SCCCCCC)C1. The standard InChI is InChI=1S/C24H48S3/c1-4-7-10-13-19-25-23-17-16-18-24(22-23,26-20-14-11-8-5-2)27-21-15-12-9-6-3/h23H,4-22H2,1-3H3. The molecule has 0 amide bonds. The minimum Gasteiger partial charge on any atom is -0.159 e. The third-order valence-corrected chi connectivity index (χ3v) is 10.6. The normalized spacial score (nSPS) is 19.4. The number of hydrogen-bond donors (Lipinski definition) is 0. The summed E-state index contributed by atoms with van der Waals surface area (Å²) < 4.78 is 0.553. The van der Waals surface area contributed by atoms with Crippen molar-refractivity contribution in [2.24, 2.45) is 0 Å². The first-order valence-corrected chi connectivity index (χ1v) is 15.2. The Kier molecular flexibility index (Phi) is 17.3. The maximum atomic E-state index is 2.36. The molecule has 3 heteroatoms. The van der Waals surface area contributed by atoms with Gasteiger partial charge in [-0.05, 0) is 55.8 Å². The molecule has 0 aromatic heterocycles. The maximum absolute atomic E-state index is 2.36. The summed E-state index contributed by atoms with van der Waals surface area (Å²) in [6, 6.07) is 0. The first-order valence-electron chi connectivity index (χ1n) is 12.2. The molecule has 0 radical (unpaired) electrons. The van der Waals surface area contributed by atoms with Crippen molar-refractivity contribution in [3.8, 4) is 0 Å². The van der Waals surface area contributed by atoms with E-state index in [2.05, 4.69) is 56.1 Å². The monoisotopic (exact) mass is 432 g/mol. The van der Waals surface area contributed by atoms with Gasteiger partial charge in [0.25, 0.3) is 0 Å². The fourth-order valence-electron chi connectivity index (χ4n) is 3.95. The Morgan fingerprint density at radius 2 is 1.19 bits per heavy atom. The van der Waals surface area contributed by atoms with Crippen LogP contribution in [0.2, 0.25) is 0 Å². The predicted octanol–water partition coefficient (Wildman–Crippen LogP) is 9.57. The minimum absolute atomic E-state index is 0.553. The fraction of sp³-hybridized carbons (Fsp3) is 1.00. The predicted molar refractivity (Wildman–Crippen MR) is 135 cm³/mol. The number of unbranched alkanes of at least 4 members (excludes halogenated alkanes) is 9. The molecular weight excluding hydrogens is 384 g/mol. The van der Waals surface area contributed by atoms with E-state index in [1.807, 2.05) is 0 Å². The van der Waals surface area contributed by atoms with Crippen molar-refractivity contribution in [3.05, 3.63) is 0 Å². The van der Waals surface area contributed by atoms with Crippen LogP contribution in [0.4, 0.5) is 0 Å². The van der Waals surface area contributed by atoms with Gasteiger partial charge in [-0.3, -0.25) is 0 Å². The zero-order valence-electron chi connectivity index (χ0n) is 18.7. The Hall–Kier alpha value is 1.05. The lowest BCUT2D eigenvalue weighted by Gasteiger charge is -2.40. The first kappa shape index (κ1) is 26.1. The molecule has 27 heavy (non-hydrogen) atoms. The Bertz CT molecular complexity index is 305. The van der Waals surface area contributed by atoms with Gasteiger partial charge in [-0.15, -0.1) is 23.5 Å². The highest BCUT2D eigenvalue weighted by Gasteiger charge is 2.37. The lowest BCUT2D eigenvalue weighted by Crippen LogP contribution is -2.31. The maximum Gasteiger partial charge on any atom is 0.0621 e. The van der Waals surface area contributed by atoms with Crippen molar-refractivity contribution in [2.75, 3.05) is 17.3 Å². The van der Waals surface area contributed by atoms with Gasteiger partial charge in [0, 0.05) is 5.25 Å². The van der Waals surface area contributed by atoms with Crippen molar-refractivity contribution in [2.45, 2.75) is 133 Å². The lowest BCUT2D eigenvalue weighted by molar-refractivity contribution is 0.501. The van der Waals surface area contributed by atoms with E-state index in [9.17, 15) is 0 Å². The Morgan fingerprint density at radius 3 is 1.70 bits per heavy atom. The van der Waals surface area contributed by atoms with Gasteiger partial charge in [0.15, 0.2) is 0 Å². The topological polar surface area (TPSA) is 0 Å². The van der Waals surface area contributed by atoms with Crippen LogP contribution >= 0.6 is 35.3 Å². The zero-order valence-corrected chi connectivity index (χ0v) is 21.2. The highest BCUT2D eigenvalue weighted by Crippen LogP contribution is 2.51. The molecule has 1 saturated carbocycles. The molecule has 0 aliphatic heterocycles. The second-order valence-electron chi connectivity index (χ2n) is 8.38. The second-order valence-corrected chi connectivity index (χ2v) is 13.0. The lowest BCUT2D eigenvalue weighted by atomic mass is 9.99. The number of hydrogen-bond acceptors (Lipinski definition) is 3. The van der Waals surface area contributed by atoms with Gasteiger partial charge >= 0.3 is 0 Å². The summed E-state index contributed by atoms with van der Waals surface area (Å²) in [7, 11) is 0. The molecule has 1 rings (SSSR count). The molecule has 1 fully saturated rings. The molecule has 1 aliphatic rings. The van der Waals surface area contributed by atoms with Gasteiger partial charge < -0.3 is 0 Å². The Labute approximate surface area is 184 Å². The Balaban J connectivity index is 2.41. The van der Waals surface area contributed by atoms with E-state index in [0.717, 1.165) is 5.25 Å². The van der Waals surface area contributed by atoms with Gasteiger partial charge in [0.2, 0.25) is 0 Å². The van der Waals surface area contributed by atoms with Gasteiger partial charge in [-0.25, -0.2) is 0 Å². The molecule has 1 aliphatic carbocycles. The van der Waals surface area contributed by atoms with Gasteiger partial charge in [0.1, 0.15) is 0 Å². The van der Waals surface area contributed by atoms with E-state index < -0.39 is 0 Å². The van der Waals surface area contributed by atoms with Crippen LogP contribution in [0.25, 0.3) is 0 Å². The first-order chi connectivity index (χ1) is 13.3. The molecule has 162 valence electrons. The fourth-order valence-corrected chi connectivity index (χ4v) is 9.09. The van der Waals surface area contributed by atoms with Crippen molar-refractivity contribution in [1.29, 1.82) is 0 Å². The molecule has 0 nitrogen and oxygen atoms in total. The molecule has 0 saturated heterocycles. The molecule has 0 heterocycles. The third-order valence-electron chi connectivity index (χ3n) is 5.70. The molecule has 0 spiro atoms. The zero-order chi connectivity index (χ0) is 19.6. The minimum atomic E-state index is 0.553. The van der Waals surface area contributed by atoms with Crippen LogP contribution in [0.5, 0.6) is 0 Å². The Morgan fingerprint density at radius 1 is 0.667 bits per heavy atom. The smallest absolute Gasteiger partial charge is 0.0621 e. The van der Waals surface area contributed by atoms with Crippen molar-refractivity contribution >= 4 is 35.3 Å². The summed E-state index contributed by atoms with van der Waals surface area (Å²) in [4.78, 5) is 0. The van der Waals surface area contributed by atoms with Gasteiger partial charge in [-0.1, -0.05) is 85.0 Å². The second kappa shape index (κ2) is 17.9. The molecule has 1 atom stereocenters. The van der Waals surface area contributed by atoms with Crippen LogP contribution < -0.4 is 0 Å².